The van der Waals surface area contributed by atoms with E-state index in [0.29, 0.717) is 302 Å². The lowest BCUT2D eigenvalue weighted by Crippen LogP contribution is -2.42. The number of hydrogen-bond acceptors (Lipinski definition) is 36. The number of rotatable bonds is 92. The molecule has 40 nitrogen and oxygen atoms in total. The monoisotopic (exact) mass is 1630 g/mol. The second-order valence-corrected chi connectivity index (χ2v) is 26.2. The molecule has 0 saturated carbocycles. The van der Waals surface area contributed by atoms with Crippen LogP contribution in [0.2, 0.25) is 0 Å². The minimum Gasteiger partial charge on any atom is -0.380 e. The minimum absolute atomic E-state index is 0.0325. The van der Waals surface area contributed by atoms with Crippen LogP contribution >= 0.6 is 0 Å². The molecule has 0 aromatic heterocycles. The molecule has 40 heteroatoms. The van der Waals surface area contributed by atoms with Gasteiger partial charge in [0.2, 0.25) is 23.6 Å². The van der Waals surface area contributed by atoms with Gasteiger partial charge in [-0.05, 0) is 19.8 Å². The lowest BCUT2D eigenvalue weighted by Gasteiger charge is -2.23. The summed E-state index contributed by atoms with van der Waals surface area (Å²) >= 11 is 0. The third kappa shape index (κ3) is 76.2. The summed E-state index contributed by atoms with van der Waals surface area (Å²) in [7, 11) is 0. The standard InChI is InChI=1S/C73H153N19O21/c1-67(93)60-86(18-56-110-42-14-82-70(96)63-89(24-46-100-32-2-4-68(94)61-87(20-48-102-34-6-74)21-49-103-35-7-75)30-58-112-44-16-84-72(98)65-91(26-52-106-38-10-78)27-53-107-39-11-79)19-57-111-43-15-83-71(97)64-90(25-47-101-33-3-5-69(95)62-88(22-50-104-36-8-76)23-51-105-37-9-77)31-59-113-45-17-85-73(99)66-92(28-54-108-40-12-80)29-55-109-41-13-81/h2-66,74-81H2,1H3,(H,82,96)(H,83,97)(H,84,98)(H,85,99). The number of nitrogens with two attached hydrogens (primary N) is 8. The number of amides is 4. The van der Waals surface area contributed by atoms with Gasteiger partial charge >= 0.3 is 0 Å². The molecule has 0 aromatic rings. The summed E-state index contributed by atoms with van der Waals surface area (Å²) in [6, 6.07) is 0. The molecule has 4 amide bonds. The van der Waals surface area contributed by atoms with Crippen LogP contribution in [0.5, 0.6) is 0 Å². The van der Waals surface area contributed by atoms with Crippen molar-refractivity contribution in [3.8, 4) is 0 Å². The van der Waals surface area contributed by atoms with E-state index in [1.54, 1.807) is 0 Å². The van der Waals surface area contributed by atoms with Crippen LogP contribution in [0.15, 0.2) is 0 Å². The summed E-state index contributed by atoms with van der Waals surface area (Å²) in [5.41, 5.74) is 44.5. The molecule has 0 rings (SSSR count). The van der Waals surface area contributed by atoms with Gasteiger partial charge in [-0.15, -0.1) is 0 Å². The van der Waals surface area contributed by atoms with Crippen LogP contribution in [0.25, 0.3) is 0 Å². The Morgan fingerprint density at radius 3 is 0.549 bits per heavy atom. The molecule has 0 unspecified atom stereocenters. The van der Waals surface area contributed by atoms with E-state index in [1.165, 1.54) is 6.92 Å². The van der Waals surface area contributed by atoms with Gasteiger partial charge < -0.3 is 133 Å². The third-order valence-corrected chi connectivity index (χ3v) is 16.3. The minimum atomic E-state index is -0.234. The van der Waals surface area contributed by atoms with Gasteiger partial charge in [-0.3, -0.25) is 67.9 Å². The van der Waals surface area contributed by atoms with Gasteiger partial charge in [0.1, 0.15) is 17.3 Å². The van der Waals surface area contributed by atoms with Crippen molar-refractivity contribution in [2.24, 2.45) is 45.9 Å². The molecule has 0 bridgehead atoms. The maximum atomic E-state index is 13.3. The predicted octanol–water partition coefficient (Wildman–Crippen LogP) is -8.25. The van der Waals surface area contributed by atoms with E-state index >= 15 is 0 Å². The average Bonchev–Trinajstić information content (AvgIpc) is 1.28. The molecule has 0 radical (unpaired) electrons. The Bertz CT molecular complexity index is 1920. The number of hydrogen-bond donors (Lipinski definition) is 12. The smallest absolute Gasteiger partial charge is 0.234 e. The average molecular weight is 1630 g/mol. The number of Topliss-reactive ketones (excluding diaryl/α,β-unsaturated/α-hetero) is 3. The van der Waals surface area contributed by atoms with Crippen LogP contribution in [0.4, 0.5) is 0 Å². The molecule has 113 heavy (non-hydrogen) atoms. The molecule has 0 atom stereocenters. The summed E-state index contributed by atoms with van der Waals surface area (Å²) in [6.45, 7) is 24.0. The number of carbonyl (C=O) groups is 7. The van der Waals surface area contributed by atoms with Crippen molar-refractivity contribution >= 4 is 41.0 Å². The maximum absolute atomic E-state index is 13.3. The summed E-state index contributed by atoms with van der Waals surface area (Å²) in [5, 5.41) is 11.6. The first-order valence-electron chi connectivity index (χ1n) is 40.5. The normalized spacial score (nSPS) is 11.8. The van der Waals surface area contributed by atoms with Crippen molar-refractivity contribution in [3.63, 3.8) is 0 Å². The summed E-state index contributed by atoms with van der Waals surface area (Å²) in [4.78, 5) is 104. The predicted molar refractivity (Wildman–Crippen MR) is 430 cm³/mol. The SMILES string of the molecule is CC(=O)CN(CCOCCNC(=O)CN(CCOCCCC(=O)CN(CCOCCN)CCOCCN)CCOCCNC(=O)CN(CCOCCN)CCOCCN)CCOCCNC(=O)CN(CCOCCCC(=O)CN(CCOCCN)CCOCCN)CCOCCNC(=O)CN(CCOCCN)CCOCCN. The van der Waals surface area contributed by atoms with Crippen LogP contribution in [0.3, 0.4) is 0 Å². The fourth-order valence-corrected chi connectivity index (χ4v) is 10.5. The molecule has 20 N–H and O–H groups in total. The van der Waals surface area contributed by atoms with Gasteiger partial charge in [0.15, 0.2) is 0 Å². The van der Waals surface area contributed by atoms with Gasteiger partial charge in [0.05, 0.1) is 218 Å². The second-order valence-electron chi connectivity index (χ2n) is 26.2. The molecule has 0 aliphatic rings. The Hall–Kier alpha value is -4.27. The molecule has 0 spiro atoms. The Labute approximate surface area is 673 Å². The quantitative estimate of drug-likeness (QED) is 0.0252. The van der Waals surface area contributed by atoms with Gasteiger partial charge in [-0.1, -0.05) is 0 Å². The largest absolute Gasteiger partial charge is 0.380 e. The number of carbonyl (C=O) groups excluding carboxylic acids is 7. The van der Waals surface area contributed by atoms with Crippen molar-refractivity contribution in [2.75, 3.05) is 401 Å². The number of nitrogens with zero attached hydrogens (tertiary/aromatic N) is 7. The number of nitrogens with one attached hydrogen (secondary N) is 4. The molecule has 0 aromatic carbocycles. The topological polar surface area (TPSA) is 528 Å². The van der Waals surface area contributed by atoms with Crippen LogP contribution in [-0.2, 0) is 99.9 Å². The van der Waals surface area contributed by atoms with Crippen molar-refractivity contribution < 1.29 is 99.9 Å². The number of ketones is 3. The molecular formula is C73H153N19O21. The summed E-state index contributed by atoms with van der Waals surface area (Å²) < 4.78 is 79.8. The van der Waals surface area contributed by atoms with Crippen molar-refractivity contribution in [1.82, 2.24) is 55.6 Å². The maximum Gasteiger partial charge on any atom is 0.234 e. The highest BCUT2D eigenvalue weighted by Crippen LogP contribution is 2.03. The van der Waals surface area contributed by atoms with E-state index < -0.39 is 0 Å². The van der Waals surface area contributed by atoms with E-state index in [1.807, 2.05) is 34.3 Å². The lowest BCUT2D eigenvalue weighted by molar-refractivity contribution is -0.124. The Balaban J connectivity index is 5.46. The van der Waals surface area contributed by atoms with E-state index in [0.717, 1.165) is 0 Å². The van der Waals surface area contributed by atoms with Gasteiger partial charge in [-0.25, -0.2) is 0 Å². The molecule has 0 heterocycles. The highest BCUT2D eigenvalue weighted by atomic mass is 16.5. The fraction of sp³-hybridized carbons (Fsp3) is 0.904. The van der Waals surface area contributed by atoms with E-state index in [4.69, 9.17) is 112 Å². The molecule has 0 saturated heterocycles. The fourth-order valence-electron chi connectivity index (χ4n) is 10.5. The van der Waals surface area contributed by atoms with Crippen LogP contribution in [0.1, 0.15) is 32.6 Å². The first-order valence-corrected chi connectivity index (χ1v) is 40.5. The third-order valence-electron chi connectivity index (χ3n) is 16.3. The second kappa shape index (κ2) is 84.2. The van der Waals surface area contributed by atoms with E-state index in [9.17, 15) is 33.6 Å². The highest BCUT2D eigenvalue weighted by Gasteiger charge is 2.19. The Morgan fingerprint density at radius 2 is 0.372 bits per heavy atom. The van der Waals surface area contributed by atoms with E-state index in [-0.39, 0.29) is 166 Å². The summed E-state index contributed by atoms with van der Waals surface area (Å²) in [5.74, 6) is -0.706. The van der Waals surface area contributed by atoms with Gasteiger partial charge in [-0.2, -0.15) is 0 Å². The lowest BCUT2D eigenvalue weighted by atomic mass is 10.2. The molecule has 666 valence electrons. The van der Waals surface area contributed by atoms with Crippen molar-refractivity contribution in [2.45, 2.75) is 32.6 Å². The van der Waals surface area contributed by atoms with Gasteiger partial charge in [0.25, 0.3) is 0 Å². The first-order chi connectivity index (χ1) is 55.2. The first kappa shape index (κ1) is 109. The molecule has 0 fully saturated rings. The zero-order valence-electron chi connectivity index (χ0n) is 68.8. The van der Waals surface area contributed by atoms with Crippen LogP contribution < -0.4 is 67.1 Å². The Morgan fingerprint density at radius 1 is 0.212 bits per heavy atom. The molecular weight excluding hydrogens is 1480 g/mol. The van der Waals surface area contributed by atoms with Crippen molar-refractivity contribution in [3.05, 3.63) is 0 Å². The van der Waals surface area contributed by atoms with Crippen LogP contribution in [-0.4, -0.2) is 476 Å². The van der Waals surface area contributed by atoms with Crippen LogP contribution in [0, 0.1) is 0 Å². The zero-order chi connectivity index (χ0) is 82.8. The highest BCUT2D eigenvalue weighted by molar-refractivity contribution is 5.81. The zero-order valence-corrected chi connectivity index (χ0v) is 68.8. The molecule has 0 aliphatic carbocycles. The summed E-state index contributed by atoms with van der Waals surface area (Å²) in [6.07, 6.45) is 1.70. The number of ether oxygens (including phenoxy) is 14. The molecule has 0 aliphatic heterocycles. The van der Waals surface area contributed by atoms with E-state index in [2.05, 4.69) is 21.3 Å². The Kier molecular flexibility index (Phi) is 81.0. The van der Waals surface area contributed by atoms with Gasteiger partial charge in [0, 0.05) is 196 Å². The van der Waals surface area contributed by atoms with Crippen molar-refractivity contribution in [1.29, 1.82) is 0 Å².